The van der Waals surface area contributed by atoms with E-state index in [-0.39, 0.29) is 5.91 Å². The molecule has 1 amide bonds. The number of rotatable bonds is 7. The van der Waals surface area contributed by atoms with Crippen molar-refractivity contribution in [3.63, 3.8) is 0 Å². The van der Waals surface area contributed by atoms with Crippen LogP contribution in [-0.4, -0.2) is 60.1 Å². The van der Waals surface area contributed by atoms with Gasteiger partial charge in [-0.05, 0) is 12.5 Å². The van der Waals surface area contributed by atoms with Gasteiger partial charge in [-0.1, -0.05) is 47.6 Å². The molecular formula is C20H26N4O2. The van der Waals surface area contributed by atoms with Crippen molar-refractivity contribution in [2.24, 2.45) is 0 Å². The van der Waals surface area contributed by atoms with Gasteiger partial charge in [-0.2, -0.15) is 0 Å². The smallest absolute Gasteiger partial charge is 0.226 e. The molecule has 0 atom stereocenters. The average Bonchev–Trinajstić information content (AvgIpc) is 3.06. The Kier molecular flexibility index (Phi) is 6.57. The molecule has 138 valence electrons. The fourth-order valence-corrected chi connectivity index (χ4v) is 2.99. The maximum absolute atomic E-state index is 12.0. The lowest BCUT2D eigenvalue weighted by Gasteiger charge is -2.33. The third-order valence-electron chi connectivity index (χ3n) is 4.49. The lowest BCUT2D eigenvalue weighted by Crippen LogP contribution is -2.46. The van der Waals surface area contributed by atoms with Gasteiger partial charge < -0.3 is 14.7 Å². The summed E-state index contributed by atoms with van der Waals surface area (Å²) in [4.78, 5) is 16.7. The Balaban J connectivity index is 1.32. The summed E-state index contributed by atoms with van der Waals surface area (Å²) in [6.45, 7) is 7.60. The Morgan fingerprint density at radius 3 is 2.62 bits per heavy atom. The number of aryl methyl sites for hydroxylation is 1. The maximum atomic E-state index is 12.0. The zero-order valence-corrected chi connectivity index (χ0v) is 15.2. The van der Waals surface area contributed by atoms with Crippen LogP contribution < -0.4 is 5.32 Å². The SMILES string of the molecule is Cc1cc(NC(=O)CCN2CCN(C/C=C/c3ccccc3)CC2)no1. The summed E-state index contributed by atoms with van der Waals surface area (Å²) in [5, 5.41) is 6.54. The molecule has 0 bridgehead atoms. The molecule has 2 heterocycles. The first-order chi connectivity index (χ1) is 12.7. The lowest BCUT2D eigenvalue weighted by molar-refractivity contribution is -0.116. The minimum Gasteiger partial charge on any atom is -0.360 e. The highest BCUT2D eigenvalue weighted by molar-refractivity contribution is 5.89. The number of benzene rings is 1. The fourth-order valence-electron chi connectivity index (χ4n) is 2.99. The van der Waals surface area contributed by atoms with Gasteiger partial charge in [0.05, 0.1) is 0 Å². The fraction of sp³-hybridized carbons (Fsp3) is 0.400. The first-order valence-corrected chi connectivity index (χ1v) is 9.08. The van der Waals surface area contributed by atoms with Gasteiger partial charge in [0, 0.05) is 51.8 Å². The number of piperazine rings is 1. The Morgan fingerprint density at radius 1 is 1.19 bits per heavy atom. The minimum absolute atomic E-state index is 0.0217. The largest absolute Gasteiger partial charge is 0.360 e. The predicted octanol–water partition coefficient (Wildman–Crippen LogP) is 2.64. The number of nitrogens with zero attached hydrogens (tertiary/aromatic N) is 3. The molecule has 3 rings (SSSR count). The molecule has 1 fully saturated rings. The summed E-state index contributed by atoms with van der Waals surface area (Å²) in [6.07, 6.45) is 4.86. The van der Waals surface area contributed by atoms with E-state index in [2.05, 4.69) is 56.7 Å². The van der Waals surface area contributed by atoms with E-state index in [1.165, 1.54) is 5.56 Å². The van der Waals surface area contributed by atoms with Gasteiger partial charge in [0.1, 0.15) is 5.76 Å². The molecule has 1 aromatic heterocycles. The lowest BCUT2D eigenvalue weighted by atomic mass is 10.2. The van der Waals surface area contributed by atoms with Gasteiger partial charge >= 0.3 is 0 Å². The van der Waals surface area contributed by atoms with E-state index in [9.17, 15) is 4.79 Å². The van der Waals surface area contributed by atoms with Crippen molar-refractivity contribution in [1.82, 2.24) is 15.0 Å². The van der Waals surface area contributed by atoms with Crippen molar-refractivity contribution < 1.29 is 9.32 Å². The third-order valence-corrected chi connectivity index (χ3v) is 4.49. The predicted molar refractivity (Wildman–Crippen MR) is 103 cm³/mol. The zero-order valence-electron chi connectivity index (χ0n) is 15.2. The number of aromatic nitrogens is 1. The molecule has 1 aromatic carbocycles. The Labute approximate surface area is 154 Å². The summed E-state index contributed by atoms with van der Waals surface area (Å²) in [6, 6.07) is 12.1. The van der Waals surface area contributed by atoms with Gasteiger partial charge in [-0.3, -0.25) is 9.69 Å². The third kappa shape index (κ3) is 5.82. The van der Waals surface area contributed by atoms with Crippen LogP contribution in [0.5, 0.6) is 0 Å². The number of hydrogen-bond acceptors (Lipinski definition) is 5. The van der Waals surface area contributed by atoms with Gasteiger partial charge in [0.15, 0.2) is 5.82 Å². The van der Waals surface area contributed by atoms with Crippen LogP contribution in [0, 0.1) is 6.92 Å². The molecule has 1 N–H and O–H groups in total. The monoisotopic (exact) mass is 354 g/mol. The summed E-state index contributed by atoms with van der Waals surface area (Å²) >= 11 is 0. The topological polar surface area (TPSA) is 61.6 Å². The summed E-state index contributed by atoms with van der Waals surface area (Å²) in [7, 11) is 0. The zero-order chi connectivity index (χ0) is 18.2. The molecule has 26 heavy (non-hydrogen) atoms. The molecule has 0 radical (unpaired) electrons. The van der Waals surface area contributed by atoms with Gasteiger partial charge in [0.2, 0.25) is 5.91 Å². The van der Waals surface area contributed by atoms with Crippen LogP contribution in [0.4, 0.5) is 5.82 Å². The van der Waals surface area contributed by atoms with Crippen LogP contribution in [0.3, 0.4) is 0 Å². The van der Waals surface area contributed by atoms with E-state index in [1.807, 2.05) is 6.07 Å². The summed E-state index contributed by atoms with van der Waals surface area (Å²) in [5.74, 6) is 1.16. The van der Waals surface area contributed by atoms with E-state index in [1.54, 1.807) is 13.0 Å². The van der Waals surface area contributed by atoms with Gasteiger partial charge in [-0.25, -0.2) is 0 Å². The van der Waals surface area contributed by atoms with Crippen LogP contribution in [0.25, 0.3) is 6.08 Å². The highest BCUT2D eigenvalue weighted by Gasteiger charge is 2.16. The number of hydrogen-bond donors (Lipinski definition) is 1. The van der Waals surface area contributed by atoms with Crippen molar-refractivity contribution in [1.29, 1.82) is 0 Å². The van der Waals surface area contributed by atoms with E-state index in [4.69, 9.17) is 4.52 Å². The van der Waals surface area contributed by atoms with Crippen LogP contribution in [0.2, 0.25) is 0 Å². The van der Waals surface area contributed by atoms with Crippen LogP contribution in [0.15, 0.2) is 47.0 Å². The Hall–Kier alpha value is -2.44. The molecule has 1 aliphatic rings. The van der Waals surface area contributed by atoms with E-state index < -0.39 is 0 Å². The average molecular weight is 354 g/mol. The van der Waals surface area contributed by atoms with Gasteiger partial charge in [0.25, 0.3) is 0 Å². The van der Waals surface area contributed by atoms with Crippen LogP contribution >= 0.6 is 0 Å². The molecule has 0 saturated carbocycles. The second kappa shape index (κ2) is 9.31. The van der Waals surface area contributed by atoms with Crippen molar-refractivity contribution in [3.05, 3.63) is 53.8 Å². The Morgan fingerprint density at radius 2 is 1.92 bits per heavy atom. The van der Waals surface area contributed by atoms with E-state index in [0.717, 1.165) is 39.3 Å². The number of carbonyl (C=O) groups excluding carboxylic acids is 1. The molecule has 1 saturated heterocycles. The van der Waals surface area contributed by atoms with Crippen LogP contribution in [-0.2, 0) is 4.79 Å². The molecule has 0 unspecified atom stereocenters. The van der Waals surface area contributed by atoms with Gasteiger partial charge in [-0.15, -0.1) is 0 Å². The molecule has 0 spiro atoms. The second-order valence-corrected chi connectivity index (χ2v) is 6.58. The standard InChI is InChI=1S/C20H26N4O2/c1-17-16-19(22-26-17)21-20(25)9-11-24-14-12-23(13-15-24)10-5-8-18-6-3-2-4-7-18/h2-8,16H,9-15H2,1H3,(H,21,22,25)/b8-5+. The minimum atomic E-state index is -0.0217. The first kappa shape index (κ1) is 18.4. The number of carbonyl (C=O) groups is 1. The quantitative estimate of drug-likeness (QED) is 0.828. The first-order valence-electron chi connectivity index (χ1n) is 9.08. The van der Waals surface area contributed by atoms with E-state index >= 15 is 0 Å². The highest BCUT2D eigenvalue weighted by atomic mass is 16.5. The highest BCUT2D eigenvalue weighted by Crippen LogP contribution is 2.08. The number of anilines is 1. The van der Waals surface area contributed by atoms with Crippen molar-refractivity contribution >= 4 is 17.8 Å². The number of nitrogens with one attached hydrogen (secondary N) is 1. The maximum Gasteiger partial charge on any atom is 0.226 e. The van der Waals surface area contributed by atoms with Crippen molar-refractivity contribution in [3.8, 4) is 0 Å². The summed E-state index contributed by atoms with van der Waals surface area (Å²) < 4.78 is 4.95. The summed E-state index contributed by atoms with van der Waals surface area (Å²) in [5.41, 5.74) is 1.24. The second-order valence-electron chi connectivity index (χ2n) is 6.58. The Bertz CT molecular complexity index is 718. The molecular weight excluding hydrogens is 328 g/mol. The van der Waals surface area contributed by atoms with Crippen molar-refractivity contribution in [2.75, 3.05) is 44.6 Å². The molecule has 2 aromatic rings. The number of amides is 1. The molecule has 6 nitrogen and oxygen atoms in total. The van der Waals surface area contributed by atoms with Crippen LogP contribution in [0.1, 0.15) is 17.7 Å². The molecule has 1 aliphatic heterocycles. The molecule has 0 aliphatic carbocycles. The normalized spacial score (nSPS) is 16.2. The molecule has 6 heteroatoms. The van der Waals surface area contributed by atoms with Crippen molar-refractivity contribution in [2.45, 2.75) is 13.3 Å². The van der Waals surface area contributed by atoms with E-state index in [0.29, 0.717) is 18.0 Å².